The number of nitrogens with two attached hydrogens (primary N) is 1. The first-order valence-electron chi connectivity index (χ1n) is 4.81. The van der Waals surface area contributed by atoms with Gasteiger partial charge in [-0.2, -0.15) is 0 Å². The molecule has 1 saturated carbocycles. The molecule has 0 aromatic heterocycles. The number of aliphatic hydroxyl groups excluding tert-OH is 1. The number of fused-ring (bicyclic) bond motifs is 1. The fourth-order valence-corrected chi connectivity index (χ4v) is 2.14. The van der Waals surface area contributed by atoms with Gasteiger partial charge < -0.3 is 10.8 Å². The molecule has 3 heteroatoms. The zero-order chi connectivity index (χ0) is 10.7. The van der Waals surface area contributed by atoms with E-state index in [1.807, 2.05) is 6.92 Å². The van der Waals surface area contributed by atoms with Crippen LogP contribution in [0.4, 0.5) is 0 Å². The average Bonchev–Trinajstić information content (AvgIpc) is 2.85. The molecule has 3 nitrogen and oxygen atoms in total. The molecule has 3 N–H and O–H groups in total. The minimum absolute atomic E-state index is 0.0569. The molecule has 1 unspecified atom stereocenters. The van der Waals surface area contributed by atoms with Gasteiger partial charge in [0.15, 0.2) is 5.78 Å². The highest BCUT2D eigenvalue weighted by molar-refractivity contribution is 6.01. The molecule has 0 aliphatic heterocycles. The Bertz CT molecular complexity index is 392. The van der Waals surface area contributed by atoms with E-state index in [9.17, 15) is 9.90 Å². The van der Waals surface area contributed by atoms with Crippen LogP contribution in [-0.4, -0.2) is 10.9 Å². The van der Waals surface area contributed by atoms with Crippen molar-refractivity contribution < 1.29 is 9.90 Å². The molecule has 14 heavy (non-hydrogen) atoms. The summed E-state index contributed by atoms with van der Waals surface area (Å²) in [7, 11) is 0. The highest BCUT2D eigenvalue weighted by Gasteiger charge is 2.59. The minimum Gasteiger partial charge on any atom is -0.510 e. The lowest BCUT2D eigenvalue weighted by molar-refractivity contribution is -0.117. The molecular formula is C11H15NO2. The van der Waals surface area contributed by atoms with E-state index < -0.39 is 0 Å². The first kappa shape index (κ1) is 9.31. The quantitative estimate of drug-likeness (QED) is 0.615. The summed E-state index contributed by atoms with van der Waals surface area (Å²) in [6.07, 6.45) is 0.725. The van der Waals surface area contributed by atoms with Gasteiger partial charge in [0.1, 0.15) is 5.76 Å². The number of allylic oxidation sites excluding steroid dienone is 3. The highest BCUT2D eigenvalue weighted by atomic mass is 16.3. The molecule has 76 valence electrons. The lowest BCUT2D eigenvalue weighted by Gasteiger charge is -2.10. The molecule has 2 aliphatic carbocycles. The van der Waals surface area contributed by atoms with E-state index in [0.29, 0.717) is 11.3 Å². The minimum atomic E-state index is -0.389. The molecule has 0 aromatic carbocycles. The lowest BCUT2D eigenvalue weighted by atomic mass is 10.0. The maximum atomic E-state index is 11.8. The SMILES string of the molecule is CC1=C(C)C(N)=C(O)[C@@]2(C)CC2C1=O. The number of ketones is 1. The first-order chi connectivity index (χ1) is 6.39. The number of hydrogen-bond acceptors (Lipinski definition) is 3. The normalized spacial score (nSPS) is 37.1. The molecule has 0 heterocycles. The van der Waals surface area contributed by atoms with Crippen LogP contribution in [0.15, 0.2) is 22.6 Å². The summed E-state index contributed by atoms with van der Waals surface area (Å²) in [5, 5.41) is 9.90. The van der Waals surface area contributed by atoms with Crippen molar-refractivity contribution in [2.75, 3.05) is 0 Å². The van der Waals surface area contributed by atoms with Crippen molar-refractivity contribution in [3.05, 3.63) is 22.6 Å². The van der Waals surface area contributed by atoms with Crippen LogP contribution in [0.3, 0.4) is 0 Å². The third-order valence-electron chi connectivity index (χ3n) is 3.69. The van der Waals surface area contributed by atoms with Crippen LogP contribution in [0, 0.1) is 11.3 Å². The molecule has 0 spiro atoms. The van der Waals surface area contributed by atoms with Gasteiger partial charge in [0.25, 0.3) is 0 Å². The van der Waals surface area contributed by atoms with Crippen molar-refractivity contribution in [3.63, 3.8) is 0 Å². The van der Waals surface area contributed by atoms with Gasteiger partial charge in [-0.05, 0) is 31.4 Å². The van der Waals surface area contributed by atoms with Gasteiger partial charge in [-0.3, -0.25) is 4.79 Å². The Hall–Kier alpha value is -1.25. The van der Waals surface area contributed by atoms with Crippen molar-refractivity contribution in [1.29, 1.82) is 0 Å². The van der Waals surface area contributed by atoms with Gasteiger partial charge in [0.05, 0.1) is 5.70 Å². The van der Waals surface area contributed by atoms with Crippen molar-refractivity contribution in [2.45, 2.75) is 27.2 Å². The summed E-state index contributed by atoms with van der Waals surface area (Å²) >= 11 is 0. The van der Waals surface area contributed by atoms with Crippen LogP contribution in [0.5, 0.6) is 0 Å². The van der Waals surface area contributed by atoms with E-state index in [1.54, 1.807) is 13.8 Å². The molecular weight excluding hydrogens is 178 g/mol. The number of Topliss-reactive ketones (excluding diaryl/α,β-unsaturated/α-hetero) is 1. The van der Waals surface area contributed by atoms with Crippen LogP contribution in [0.1, 0.15) is 27.2 Å². The van der Waals surface area contributed by atoms with Crippen molar-refractivity contribution in [1.82, 2.24) is 0 Å². The van der Waals surface area contributed by atoms with Crippen molar-refractivity contribution >= 4 is 5.78 Å². The number of hydrogen-bond donors (Lipinski definition) is 2. The van der Waals surface area contributed by atoms with Gasteiger partial charge >= 0.3 is 0 Å². The summed E-state index contributed by atoms with van der Waals surface area (Å²) < 4.78 is 0. The smallest absolute Gasteiger partial charge is 0.163 e. The van der Waals surface area contributed by atoms with Crippen LogP contribution >= 0.6 is 0 Å². The summed E-state index contributed by atoms with van der Waals surface area (Å²) in [4.78, 5) is 11.8. The second-order valence-electron chi connectivity index (χ2n) is 4.55. The molecule has 1 fully saturated rings. The second kappa shape index (κ2) is 2.41. The van der Waals surface area contributed by atoms with Gasteiger partial charge in [-0.1, -0.05) is 6.92 Å². The van der Waals surface area contributed by atoms with Gasteiger partial charge in [-0.25, -0.2) is 0 Å². The number of rotatable bonds is 0. The van der Waals surface area contributed by atoms with E-state index in [-0.39, 0.29) is 22.9 Å². The molecule has 0 saturated heterocycles. The molecule has 0 amide bonds. The molecule has 2 rings (SSSR count). The highest BCUT2D eigenvalue weighted by Crippen LogP contribution is 2.59. The third-order valence-corrected chi connectivity index (χ3v) is 3.69. The average molecular weight is 193 g/mol. The Morgan fingerprint density at radius 1 is 1.43 bits per heavy atom. The van der Waals surface area contributed by atoms with Crippen LogP contribution in [-0.2, 0) is 4.79 Å². The Morgan fingerprint density at radius 3 is 2.57 bits per heavy atom. The predicted octanol–water partition coefficient (Wildman–Crippen LogP) is 1.66. The number of carbonyl (C=O) groups is 1. The first-order valence-corrected chi connectivity index (χ1v) is 4.81. The summed E-state index contributed by atoms with van der Waals surface area (Å²) in [6, 6.07) is 0. The van der Waals surface area contributed by atoms with Crippen LogP contribution < -0.4 is 5.73 Å². The summed E-state index contributed by atoms with van der Waals surface area (Å²) in [5.74, 6) is 0.278. The zero-order valence-corrected chi connectivity index (χ0v) is 8.72. The van der Waals surface area contributed by atoms with Crippen LogP contribution in [0.25, 0.3) is 0 Å². The predicted molar refractivity (Wildman–Crippen MR) is 53.4 cm³/mol. The fraction of sp³-hybridized carbons (Fsp3) is 0.545. The monoisotopic (exact) mass is 193 g/mol. The van der Waals surface area contributed by atoms with E-state index in [0.717, 1.165) is 12.0 Å². The maximum Gasteiger partial charge on any atom is 0.163 e. The van der Waals surface area contributed by atoms with Crippen molar-refractivity contribution in [3.8, 4) is 0 Å². The van der Waals surface area contributed by atoms with Gasteiger partial charge in [-0.15, -0.1) is 0 Å². The van der Waals surface area contributed by atoms with Gasteiger partial charge in [0, 0.05) is 11.3 Å². The molecule has 2 aliphatic rings. The standard InChI is InChI=1S/C11H15NO2/c1-5-6(2)9(13)7-4-11(7,3)10(14)8(5)12/h7,14H,4,12H2,1-3H3/t7?,11-/m0/s1. The number of aliphatic hydroxyl groups is 1. The zero-order valence-electron chi connectivity index (χ0n) is 8.72. The maximum absolute atomic E-state index is 11.8. The Balaban J connectivity index is 2.60. The van der Waals surface area contributed by atoms with Crippen molar-refractivity contribution in [2.24, 2.45) is 17.1 Å². The van der Waals surface area contributed by atoms with E-state index in [4.69, 9.17) is 5.73 Å². The summed E-state index contributed by atoms with van der Waals surface area (Å²) in [6.45, 7) is 5.46. The van der Waals surface area contributed by atoms with Gasteiger partial charge in [0.2, 0.25) is 0 Å². The second-order valence-corrected chi connectivity index (χ2v) is 4.55. The Labute approximate surface area is 83.3 Å². The topological polar surface area (TPSA) is 63.3 Å². The molecule has 2 atom stereocenters. The Morgan fingerprint density at radius 2 is 2.00 bits per heavy atom. The van der Waals surface area contributed by atoms with E-state index >= 15 is 0 Å². The van der Waals surface area contributed by atoms with E-state index in [1.165, 1.54) is 0 Å². The molecule has 0 radical (unpaired) electrons. The third kappa shape index (κ3) is 0.897. The lowest BCUT2D eigenvalue weighted by Crippen LogP contribution is -2.11. The van der Waals surface area contributed by atoms with E-state index in [2.05, 4.69) is 0 Å². The summed E-state index contributed by atoms with van der Waals surface area (Å²) in [5.41, 5.74) is 7.21. The molecule has 0 aromatic rings. The van der Waals surface area contributed by atoms with Crippen LogP contribution in [0.2, 0.25) is 0 Å². The number of carbonyl (C=O) groups excluding carboxylic acids is 1. The Kier molecular flexibility index (Phi) is 1.60. The molecule has 0 bridgehead atoms. The largest absolute Gasteiger partial charge is 0.510 e. The fourth-order valence-electron chi connectivity index (χ4n) is 2.14.